The number of nitrogens with zero attached hydrogens (tertiary/aromatic N) is 1. The summed E-state index contributed by atoms with van der Waals surface area (Å²) in [7, 11) is 0. The zero-order chi connectivity index (χ0) is 11.6. The monoisotopic (exact) mass is 228 g/mol. The van der Waals surface area contributed by atoms with Crippen molar-refractivity contribution in [1.29, 1.82) is 0 Å². The Balaban J connectivity index is 2.90. The Bertz CT molecular complexity index is 351. The molecule has 0 aromatic rings. The molecule has 15 heavy (non-hydrogen) atoms. The van der Waals surface area contributed by atoms with Gasteiger partial charge in [-0.25, -0.2) is 0 Å². The van der Waals surface area contributed by atoms with Gasteiger partial charge in [0.05, 0.1) is 11.6 Å². The van der Waals surface area contributed by atoms with Crippen LogP contribution in [0, 0.1) is 0 Å². The molecular formula is C9H12N2O3S. The number of carbonyl (C=O) groups excluding carboxylic acids is 3. The molecule has 0 saturated carbocycles. The minimum Gasteiger partial charge on any atom is -0.321 e. The molecule has 0 aromatic heterocycles. The zero-order valence-corrected chi connectivity index (χ0v) is 9.16. The summed E-state index contributed by atoms with van der Waals surface area (Å²) in [6.45, 7) is 1.91. The van der Waals surface area contributed by atoms with E-state index in [1.165, 1.54) is 0 Å². The van der Waals surface area contributed by atoms with E-state index >= 15 is 0 Å². The summed E-state index contributed by atoms with van der Waals surface area (Å²) in [6.07, 6.45) is 1.04. The number of thiol groups is 1. The Labute approximate surface area is 92.7 Å². The maximum atomic E-state index is 11.6. The van der Waals surface area contributed by atoms with Crippen molar-refractivity contribution in [3.8, 4) is 0 Å². The Hall–Kier alpha value is -1.14. The molecular weight excluding hydrogens is 216 g/mol. The second-order valence-corrected chi connectivity index (χ2v) is 3.46. The van der Waals surface area contributed by atoms with E-state index in [0.717, 1.165) is 11.0 Å². The minimum absolute atomic E-state index is 0.136. The van der Waals surface area contributed by atoms with Gasteiger partial charge in [0.15, 0.2) is 5.78 Å². The van der Waals surface area contributed by atoms with Crippen LogP contribution in [-0.2, 0) is 14.4 Å². The number of nitrogens with two attached hydrogens (primary N) is 1. The molecule has 1 aliphatic heterocycles. The predicted molar refractivity (Wildman–Crippen MR) is 57.3 cm³/mol. The largest absolute Gasteiger partial charge is 0.321 e. The van der Waals surface area contributed by atoms with E-state index in [2.05, 4.69) is 12.6 Å². The summed E-state index contributed by atoms with van der Waals surface area (Å²) in [5.74, 6) is -1.41. The minimum atomic E-state index is -0.840. The third-order valence-electron chi connectivity index (χ3n) is 2.12. The summed E-state index contributed by atoms with van der Waals surface area (Å²) in [4.78, 5) is 35.4. The fourth-order valence-corrected chi connectivity index (χ4v) is 1.43. The lowest BCUT2D eigenvalue weighted by molar-refractivity contribution is -0.137. The van der Waals surface area contributed by atoms with E-state index in [-0.39, 0.29) is 17.9 Å². The molecule has 0 spiro atoms. The number of imide groups is 1. The Kier molecular flexibility index (Phi) is 3.65. The molecule has 0 fully saturated rings. The number of Topliss-reactive ketones (excluding diaryl/α,β-unsaturated/α-hetero) is 1. The van der Waals surface area contributed by atoms with Gasteiger partial charge in [-0.3, -0.25) is 19.3 Å². The highest BCUT2D eigenvalue weighted by molar-refractivity contribution is 7.80. The number of hydrogen-bond donors (Lipinski definition) is 2. The smallest absolute Gasteiger partial charge is 0.264 e. The van der Waals surface area contributed by atoms with Crippen LogP contribution in [0.3, 0.4) is 0 Å². The van der Waals surface area contributed by atoms with Crippen molar-refractivity contribution in [1.82, 2.24) is 4.90 Å². The van der Waals surface area contributed by atoms with E-state index in [1.807, 2.05) is 0 Å². The van der Waals surface area contributed by atoms with E-state index < -0.39 is 23.6 Å². The summed E-state index contributed by atoms with van der Waals surface area (Å²) in [5, 5.41) is 0. The first kappa shape index (κ1) is 11.9. The number of hydrogen-bond acceptors (Lipinski definition) is 5. The van der Waals surface area contributed by atoms with Crippen molar-refractivity contribution in [3.05, 3.63) is 11.6 Å². The molecule has 5 nitrogen and oxygen atoms in total. The quantitative estimate of drug-likeness (QED) is 0.372. The highest BCUT2D eigenvalue weighted by Gasteiger charge is 2.35. The van der Waals surface area contributed by atoms with Crippen LogP contribution < -0.4 is 5.73 Å². The second-order valence-electron chi connectivity index (χ2n) is 3.10. The second kappa shape index (κ2) is 4.59. The molecule has 0 radical (unpaired) electrons. The third kappa shape index (κ3) is 2.10. The lowest BCUT2D eigenvalue weighted by Gasteiger charge is -2.12. The molecule has 0 aliphatic carbocycles. The van der Waals surface area contributed by atoms with Gasteiger partial charge in [-0.15, -0.1) is 0 Å². The van der Waals surface area contributed by atoms with Crippen molar-refractivity contribution >= 4 is 30.2 Å². The Morgan fingerprint density at radius 2 is 2.20 bits per heavy atom. The molecule has 0 saturated heterocycles. The van der Waals surface area contributed by atoms with Gasteiger partial charge in [-0.2, -0.15) is 12.6 Å². The van der Waals surface area contributed by atoms with Crippen LogP contribution in [0.5, 0.6) is 0 Å². The van der Waals surface area contributed by atoms with Crippen molar-refractivity contribution in [2.45, 2.75) is 13.0 Å². The molecule has 2 amide bonds. The van der Waals surface area contributed by atoms with Gasteiger partial charge in [0.1, 0.15) is 0 Å². The lowest BCUT2D eigenvalue weighted by atomic mass is 10.1. The number of amides is 2. The SMILES string of the molecule is CCN1C(=O)C=C(C(=O)[C@@H](N)CS)C1=O. The highest BCUT2D eigenvalue weighted by Crippen LogP contribution is 2.14. The fourth-order valence-electron chi connectivity index (χ4n) is 1.27. The number of ketones is 1. The Morgan fingerprint density at radius 1 is 1.60 bits per heavy atom. The first-order chi connectivity index (χ1) is 7.02. The van der Waals surface area contributed by atoms with Crippen LogP contribution in [0.2, 0.25) is 0 Å². The van der Waals surface area contributed by atoms with Crippen molar-refractivity contribution in [3.63, 3.8) is 0 Å². The van der Waals surface area contributed by atoms with Gasteiger partial charge in [0.25, 0.3) is 11.8 Å². The normalized spacial score (nSPS) is 18.1. The van der Waals surface area contributed by atoms with Crippen LogP contribution in [0.15, 0.2) is 11.6 Å². The van der Waals surface area contributed by atoms with Crippen LogP contribution >= 0.6 is 12.6 Å². The summed E-state index contributed by atoms with van der Waals surface area (Å²) in [5.41, 5.74) is 5.31. The summed E-state index contributed by atoms with van der Waals surface area (Å²) < 4.78 is 0. The molecule has 2 N–H and O–H groups in total. The van der Waals surface area contributed by atoms with Gasteiger partial charge in [0.2, 0.25) is 0 Å². The fraction of sp³-hybridized carbons (Fsp3) is 0.444. The first-order valence-electron chi connectivity index (χ1n) is 4.51. The van der Waals surface area contributed by atoms with Gasteiger partial charge in [-0.1, -0.05) is 0 Å². The van der Waals surface area contributed by atoms with E-state index in [0.29, 0.717) is 0 Å². The average molecular weight is 228 g/mol. The van der Waals surface area contributed by atoms with Gasteiger partial charge >= 0.3 is 0 Å². The van der Waals surface area contributed by atoms with Crippen LogP contribution in [0.1, 0.15) is 6.92 Å². The van der Waals surface area contributed by atoms with Crippen LogP contribution in [-0.4, -0.2) is 40.8 Å². The molecule has 0 aromatic carbocycles. The number of rotatable bonds is 4. The molecule has 6 heteroatoms. The lowest BCUT2D eigenvalue weighted by Crippen LogP contribution is -2.38. The molecule has 1 rings (SSSR count). The molecule has 0 bridgehead atoms. The maximum Gasteiger partial charge on any atom is 0.264 e. The van der Waals surface area contributed by atoms with Crippen LogP contribution in [0.4, 0.5) is 0 Å². The summed E-state index contributed by atoms with van der Waals surface area (Å²) in [6, 6.07) is -0.840. The standard InChI is InChI=1S/C9H12N2O3S/c1-2-11-7(12)3-5(9(11)14)8(13)6(10)4-15/h3,6,15H,2,4,10H2,1H3/t6-/m0/s1. The highest BCUT2D eigenvalue weighted by atomic mass is 32.1. The predicted octanol–water partition coefficient (Wildman–Crippen LogP) is -0.872. The summed E-state index contributed by atoms with van der Waals surface area (Å²) >= 11 is 3.86. The first-order valence-corrected chi connectivity index (χ1v) is 5.14. The van der Waals surface area contributed by atoms with Gasteiger partial charge in [0, 0.05) is 18.4 Å². The van der Waals surface area contributed by atoms with Gasteiger partial charge < -0.3 is 5.73 Å². The van der Waals surface area contributed by atoms with E-state index in [4.69, 9.17) is 5.73 Å². The average Bonchev–Trinajstić information content (AvgIpc) is 2.51. The van der Waals surface area contributed by atoms with Crippen molar-refractivity contribution < 1.29 is 14.4 Å². The maximum absolute atomic E-state index is 11.6. The molecule has 1 heterocycles. The Morgan fingerprint density at radius 3 is 2.60 bits per heavy atom. The van der Waals surface area contributed by atoms with Gasteiger partial charge in [-0.05, 0) is 6.92 Å². The number of likely N-dealkylation sites (N-methyl/N-ethyl adjacent to an activating group) is 1. The topological polar surface area (TPSA) is 80.5 Å². The number of carbonyl (C=O) groups is 3. The van der Waals surface area contributed by atoms with Crippen LogP contribution in [0.25, 0.3) is 0 Å². The van der Waals surface area contributed by atoms with E-state index in [9.17, 15) is 14.4 Å². The zero-order valence-electron chi connectivity index (χ0n) is 8.27. The molecule has 1 aliphatic rings. The van der Waals surface area contributed by atoms with Crippen molar-refractivity contribution in [2.24, 2.45) is 5.73 Å². The van der Waals surface area contributed by atoms with E-state index in [1.54, 1.807) is 6.92 Å². The van der Waals surface area contributed by atoms with Crippen molar-refractivity contribution in [2.75, 3.05) is 12.3 Å². The third-order valence-corrected chi connectivity index (χ3v) is 2.52. The molecule has 0 unspecified atom stereocenters. The molecule has 1 atom stereocenters. The molecule has 82 valence electrons.